The fourth-order valence-corrected chi connectivity index (χ4v) is 2.70. The number of carbonyl (C=O) groups excluding carboxylic acids is 2. The number of hydrogen-bond donors (Lipinski definition) is 2. The minimum Gasteiger partial charge on any atom is -0.497 e. The topological polar surface area (TPSA) is 76.7 Å². The van der Waals surface area contributed by atoms with E-state index in [1.54, 1.807) is 38.3 Å². The Bertz CT molecular complexity index is 970. The van der Waals surface area contributed by atoms with Crippen molar-refractivity contribution in [1.29, 1.82) is 0 Å². The van der Waals surface area contributed by atoms with Gasteiger partial charge in [0.15, 0.2) is 6.10 Å². The number of carbonyl (C=O) groups is 2. The highest BCUT2D eigenvalue weighted by Crippen LogP contribution is 2.21. The zero-order valence-electron chi connectivity index (χ0n) is 15.8. The molecule has 0 unspecified atom stereocenters. The first-order valence-corrected chi connectivity index (χ1v) is 8.92. The van der Waals surface area contributed by atoms with Crippen LogP contribution in [-0.4, -0.2) is 25.0 Å². The highest BCUT2D eigenvalue weighted by molar-refractivity contribution is 5.86. The summed E-state index contributed by atoms with van der Waals surface area (Å²) in [6.45, 7) is 1.63. The molecule has 2 N–H and O–H groups in total. The van der Waals surface area contributed by atoms with E-state index in [0.29, 0.717) is 5.75 Å². The standard InChI is InChI=1S/C22H22N2O4/c1-15(28-20-12-9-17-5-3-4-6-18(17)14-20)22(26)24-23-21(25)13-16-7-10-19(27-2)11-8-16/h3-12,14-15H,13H2,1-2H3,(H,23,25)(H,24,26)/t15-/m1/s1. The van der Waals surface area contributed by atoms with Crippen LogP contribution < -0.4 is 20.3 Å². The van der Waals surface area contributed by atoms with Crippen LogP contribution in [0.5, 0.6) is 11.5 Å². The van der Waals surface area contributed by atoms with E-state index >= 15 is 0 Å². The molecule has 3 aromatic carbocycles. The van der Waals surface area contributed by atoms with Crippen LogP contribution in [0, 0.1) is 0 Å². The number of methoxy groups -OCH3 is 1. The second-order valence-electron chi connectivity index (χ2n) is 6.33. The third-order valence-electron chi connectivity index (χ3n) is 4.25. The fourth-order valence-electron chi connectivity index (χ4n) is 2.70. The number of hydrogen-bond acceptors (Lipinski definition) is 4. The highest BCUT2D eigenvalue weighted by Gasteiger charge is 2.15. The van der Waals surface area contributed by atoms with Crippen LogP contribution in [0.25, 0.3) is 10.8 Å². The molecule has 3 rings (SSSR count). The molecule has 3 aromatic rings. The Labute approximate surface area is 163 Å². The first-order valence-electron chi connectivity index (χ1n) is 8.92. The molecule has 0 spiro atoms. The minimum absolute atomic E-state index is 0.143. The summed E-state index contributed by atoms with van der Waals surface area (Å²) in [5.74, 6) is 0.552. The van der Waals surface area contributed by atoms with Gasteiger partial charge in [0.2, 0.25) is 5.91 Å². The summed E-state index contributed by atoms with van der Waals surface area (Å²) in [5.41, 5.74) is 5.61. The summed E-state index contributed by atoms with van der Waals surface area (Å²) in [7, 11) is 1.58. The molecule has 0 radical (unpaired) electrons. The van der Waals surface area contributed by atoms with Crippen LogP contribution in [-0.2, 0) is 16.0 Å². The Morgan fingerprint density at radius 3 is 2.29 bits per heavy atom. The lowest BCUT2D eigenvalue weighted by atomic mass is 10.1. The largest absolute Gasteiger partial charge is 0.497 e. The molecular weight excluding hydrogens is 356 g/mol. The summed E-state index contributed by atoms with van der Waals surface area (Å²) in [6.07, 6.45) is -0.619. The van der Waals surface area contributed by atoms with Crippen molar-refractivity contribution in [2.45, 2.75) is 19.4 Å². The van der Waals surface area contributed by atoms with Crippen LogP contribution in [0.2, 0.25) is 0 Å². The normalized spacial score (nSPS) is 11.5. The molecule has 28 heavy (non-hydrogen) atoms. The molecule has 6 nitrogen and oxygen atoms in total. The second kappa shape index (κ2) is 8.90. The van der Waals surface area contributed by atoms with Crippen molar-refractivity contribution in [1.82, 2.24) is 10.9 Å². The Kier molecular flexibility index (Phi) is 6.11. The number of hydrazine groups is 1. The molecule has 0 aromatic heterocycles. The van der Waals surface area contributed by atoms with Gasteiger partial charge in [0.25, 0.3) is 5.91 Å². The van der Waals surface area contributed by atoms with Gasteiger partial charge in [-0.15, -0.1) is 0 Å². The Morgan fingerprint density at radius 1 is 0.893 bits per heavy atom. The van der Waals surface area contributed by atoms with Gasteiger partial charge in [-0.2, -0.15) is 0 Å². The molecule has 0 aliphatic carbocycles. The van der Waals surface area contributed by atoms with E-state index in [2.05, 4.69) is 10.9 Å². The number of amides is 2. The lowest BCUT2D eigenvalue weighted by molar-refractivity contribution is -0.132. The van der Waals surface area contributed by atoms with Crippen molar-refractivity contribution in [2.24, 2.45) is 0 Å². The van der Waals surface area contributed by atoms with Gasteiger partial charge in [-0.1, -0.05) is 42.5 Å². The summed E-state index contributed by atoms with van der Waals surface area (Å²) in [5, 5.41) is 2.12. The summed E-state index contributed by atoms with van der Waals surface area (Å²) in [4.78, 5) is 24.2. The van der Waals surface area contributed by atoms with Crippen LogP contribution >= 0.6 is 0 Å². The lowest BCUT2D eigenvalue weighted by Gasteiger charge is -2.15. The van der Waals surface area contributed by atoms with E-state index in [-0.39, 0.29) is 12.3 Å². The van der Waals surface area contributed by atoms with Gasteiger partial charge in [-0.3, -0.25) is 20.4 Å². The van der Waals surface area contributed by atoms with Gasteiger partial charge in [-0.05, 0) is 47.5 Å². The van der Waals surface area contributed by atoms with Crippen molar-refractivity contribution >= 4 is 22.6 Å². The third-order valence-corrected chi connectivity index (χ3v) is 4.25. The van der Waals surface area contributed by atoms with Crippen molar-refractivity contribution in [3.8, 4) is 11.5 Å². The third kappa shape index (κ3) is 5.01. The predicted octanol–water partition coefficient (Wildman–Crippen LogP) is 3.01. The zero-order valence-corrected chi connectivity index (χ0v) is 15.8. The average molecular weight is 378 g/mol. The molecule has 2 amide bonds. The molecule has 0 aliphatic rings. The minimum atomic E-state index is -0.762. The maximum atomic E-state index is 12.2. The first kappa shape index (κ1) is 19.2. The van der Waals surface area contributed by atoms with E-state index in [1.165, 1.54) is 0 Å². The van der Waals surface area contributed by atoms with E-state index in [1.807, 2.05) is 42.5 Å². The van der Waals surface area contributed by atoms with E-state index in [9.17, 15) is 9.59 Å². The highest BCUT2D eigenvalue weighted by atomic mass is 16.5. The maximum absolute atomic E-state index is 12.2. The smallest absolute Gasteiger partial charge is 0.279 e. The Balaban J connectivity index is 1.49. The van der Waals surface area contributed by atoms with E-state index < -0.39 is 12.0 Å². The Hall–Kier alpha value is -3.54. The van der Waals surface area contributed by atoms with Gasteiger partial charge in [0.05, 0.1) is 13.5 Å². The number of nitrogens with one attached hydrogen (secondary N) is 2. The van der Waals surface area contributed by atoms with Crippen molar-refractivity contribution < 1.29 is 19.1 Å². The molecule has 144 valence electrons. The SMILES string of the molecule is COc1ccc(CC(=O)NNC(=O)[C@@H](C)Oc2ccc3ccccc3c2)cc1. The van der Waals surface area contributed by atoms with Gasteiger partial charge in [0, 0.05) is 0 Å². The van der Waals surface area contributed by atoms with E-state index in [0.717, 1.165) is 22.1 Å². The average Bonchev–Trinajstić information content (AvgIpc) is 2.72. The monoisotopic (exact) mass is 378 g/mol. The van der Waals surface area contributed by atoms with Crippen molar-refractivity contribution in [3.63, 3.8) is 0 Å². The zero-order chi connectivity index (χ0) is 19.9. The summed E-state index contributed by atoms with van der Waals surface area (Å²) < 4.78 is 10.8. The first-order chi connectivity index (χ1) is 13.5. The van der Waals surface area contributed by atoms with Crippen molar-refractivity contribution in [2.75, 3.05) is 7.11 Å². The van der Waals surface area contributed by atoms with Crippen LogP contribution in [0.3, 0.4) is 0 Å². The quantitative estimate of drug-likeness (QED) is 0.647. The second-order valence-corrected chi connectivity index (χ2v) is 6.33. The summed E-state index contributed by atoms with van der Waals surface area (Å²) >= 11 is 0. The van der Waals surface area contributed by atoms with Crippen LogP contribution in [0.15, 0.2) is 66.7 Å². The maximum Gasteiger partial charge on any atom is 0.279 e. The van der Waals surface area contributed by atoms with Gasteiger partial charge in [0.1, 0.15) is 11.5 Å². The number of benzene rings is 3. The van der Waals surface area contributed by atoms with Gasteiger partial charge in [-0.25, -0.2) is 0 Å². The molecular formula is C22H22N2O4. The fraction of sp³-hybridized carbons (Fsp3) is 0.182. The number of ether oxygens (including phenoxy) is 2. The molecule has 0 fully saturated rings. The molecule has 0 bridgehead atoms. The van der Waals surface area contributed by atoms with Crippen LogP contribution in [0.1, 0.15) is 12.5 Å². The molecule has 0 saturated carbocycles. The molecule has 0 aliphatic heterocycles. The van der Waals surface area contributed by atoms with Crippen LogP contribution in [0.4, 0.5) is 0 Å². The van der Waals surface area contributed by atoms with Crippen molar-refractivity contribution in [3.05, 3.63) is 72.3 Å². The van der Waals surface area contributed by atoms with E-state index in [4.69, 9.17) is 9.47 Å². The van der Waals surface area contributed by atoms with Gasteiger partial charge < -0.3 is 9.47 Å². The molecule has 6 heteroatoms. The number of fused-ring (bicyclic) bond motifs is 1. The summed E-state index contributed by atoms with van der Waals surface area (Å²) in [6, 6.07) is 20.7. The molecule has 0 saturated heterocycles. The Morgan fingerprint density at radius 2 is 1.57 bits per heavy atom. The van der Waals surface area contributed by atoms with Gasteiger partial charge >= 0.3 is 0 Å². The number of rotatable bonds is 6. The predicted molar refractivity (Wildman–Crippen MR) is 107 cm³/mol. The molecule has 1 atom stereocenters. The molecule has 0 heterocycles. The lowest BCUT2D eigenvalue weighted by Crippen LogP contribution is -2.47.